The molecule has 0 saturated carbocycles. The zero-order chi connectivity index (χ0) is 18.9. The monoisotopic (exact) mass is 365 g/mol. The van der Waals surface area contributed by atoms with Gasteiger partial charge in [-0.25, -0.2) is 0 Å². The van der Waals surface area contributed by atoms with Gasteiger partial charge in [0.05, 0.1) is 6.29 Å². The molecule has 0 bridgehead atoms. The van der Waals surface area contributed by atoms with Crippen LogP contribution in [0.3, 0.4) is 0 Å². The minimum absolute atomic E-state index is 0.0428. The van der Waals surface area contributed by atoms with Crippen molar-refractivity contribution in [2.24, 2.45) is 11.7 Å². The summed E-state index contributed by atoms with van der Waals surface area (Å²) >= 11 is 0. The highest BCUT2D eigenvalue weighted by molar-refractivity contribution is 7.57. The summed E-state index contributed by atoms with van der Waals surface area (Å²) in [6, 6.07) is -1.99. The first-order valence-electron chi connectivity index (χ1n) is 7.84. The molecule has 0 radical (unpaired) electrons. The Morgan fingerprint density at radius 1 is 1.25 bits per heavy atom. The van der Waals surface area contributed by atoms with Crippen molar-refractivity contribution in [3.63, 3.8) is 0 Å². The third kappa shape index (κ3) is 9.64. The average Bonchev–Trinajstić information content (AvgIpc) is 2.49. The number of aliphatic carboxylic acids is 1. The lowest BCUT2D eigenvalue weighted by Crippen LogP contribution is -2.48. The summed E-state index contributed by atoms with van der Waals surface area (Å²) in [5.74, 6) is -2.12. The number of carboxylic acids is 1. The lowest BCUT2D eigenvalue weighted by Gasteiger charge is -2.21. The van der Waals surface area contributed by atoms with Gasteiger partial charge in [0, 0.05) is 12.6 Å². The van der Waals surface area contributed by atoms with Crippen LogP contribution in [-0.2, 0) is 18.9 Å². The molecule has 0 fully saturated rings. The first kappa shape index (κ1) is 22.6. The number of hydrogen-bond donors (Lipinski definition) is 5. The van der Waals surface area contributed by atoms with Gasteiger partial charge in [0.25, 0.3) is 0 Å². The number of amides is 2. The van der Waals surface area contributed by atoms with Crippen molar-refractivity contribution in [1.29, 1.82) is 0 Å². The quantitative estimate of drug-likeness (QED) is 0.324. The topological polar surface area (TPSA) is 159 Å². The van der Waals surface area contributed by atoms with Crippen LogP contribution in [0.25, 0.3) is 0 Å². The van der Waals surface area contributed by atoms with Gasteiger partial charge in [-0.3, -0.25) is 18.9 Å². The van der Waals surface area contributed by atoms with Crippen LogP contribution in [0.2, 0.25) is 0 Å². The van der Waals surface area contributed by atoms with E-state index in [2.05, 4.69) is 10.6 Å². The predicted molar refractivity (Wildman–Crippen MR) is 89.6 cm³/mol. The number of carboxylic acid groups (broad SMARTS) is 1. The summed E-state index contributed by atoms with van der Waals surface area (Å²) in [4.78, 5) is 44.1. The zero-order valence-electron chi connectivity index (χ0n) is 14.3. The van der Waals surface area contributed by atoms with Gasteiger partial charge in [0.15, 0.2) is 0 Å². The van der Waals surface area contributed by atoms with Crippen LogP contribution in [0.5, 0.6) is 0 Å². The van der Waals surface area contributed by atoms with Crippen LogP contribution in [-0.4, -0.2) is 52.3 Å². The normalized spacial score (nSPS) is 16.1. The van der Waals surface area contributed by atoms with Gasteiger partial charge in [0.1, 0.15) is 12.1 Å². The molecule has 0 aromatic rings. The van der Waals surface area contributed by atoms with Crippen molar-refractivity contribution in [3.8, 4) is 0 Å². The Morgan fingerprint density at radius 3 is 2.29 bits per heavy atom. The zero-order valence-corrected chi connectivity index (χ0v) is 15.2. The Morgan fingerprint density at radius 2 is 1.83 bits per heavy atom. The molecule has 9 nitrogen and oxygen atoms in total. The first-order valence-corrected chi connectivity index (χ1v) is 9.87. The molecule has 0 rings (SSSR count). The number of rotatable bonds is 11. The van der Waals surface area contributed by atoms with E-state index in [0.29, 0.717) is 6.42 Å². The van der Waals surface area contributed by atoms with Crippen molar-refractivity contribution >= 4 is 25.2 Å². The number of carbonyl (C=O) groups excluding carboxylic acids is 2. The highest BCUT2D eigenvalue weighted by atomic mass is 31.2. The van der Waals surface area contributed by atoms with E-state index < -0.39 is 37.2 Å². The Hall–Kier alpha value is -1.44. The molecule has 0 spiro atoms. The second kappa shape index (κ2) is 10.4. The highest BCUT2D eigenvalue weighted by Crippen LogP contribution is 2.37. The van der Waals surface area contributed by atoms with Gasteiger partial charge >= 0.3 is 5.97 Å². The van der Waals surface area contributed by atoms with Gasteiger partial charge < -0.3 is 26.4 Å². The van der Waals surface area contributed by atoms with Crippen LogP contribution in [0.1, 0.15) is 40.0 Å². The second-order valence-corrected chi connectivity index (χ2v) is 8.74. The molecule has 0 aliphatic rings. The van der Waals surface area contributed by atoms with E-state index in [1.807, 2.05) is 13.8 Å². The molecule has 0 aliphatic carbocycles. The standard InChI is InChI=1S/C14H28N3O6P/c1-4-24(22,23)8-16-13(19)11(7-9(2)3)17-12(18)6-5-10(15)14(20)21/h9-11H,4-8,15H2,1-3H3,(H,16,19)(H,17,18)(H,20,21)(H,22,23)/t10?,11-/m0/s1. The molecule has 0 aromatic carbocycles. The smallest absolute Gasteiger partial charge is 0.320 e. The molecular weight excluding hydrogens is 337 g/mol. The molecule has 24 heavy (non-hydrogen) atoms. The summed E-state index contributed by atoms with van der Waals surface area (Å²) in [7, 11) is -3.40. The van der Waals surface area contributed by atoms with Gasteiger partial charge in [-0.15, -0.1) is 0 Å². The van der Waals surface area contributed by atoms with Crippen LogP contribution in [0.4, 0.5) is 0 Å². The molecule has 2 amide bonds. The maximum absolute atomic E-state index is 12.1. The Balaban J connectivity index is 4.65. The third-order valence-electron chi connectivity index (χ3n) is 3.35. The molecule has 2 unspecified atom stereocenters. The molecule has 0 aromatic heterocycles. The third-order valence-corrected chi connectivity index (χ3v) is 4.99. The fourth-order valence-corrected chi connectivity index (χ4v) is 2.44. The lowest BCUT2D eigenvalue weighted by molar-refractivity contribution is -0.139. The van der Waals surface area contributed by atoms with Gasteiger partial charge in [-0.05, 0) is 18.8 Å². The fraction of sp³-hybridized carbons (Fsp3) is 0.786. The fourth-order valence-electron chi connectivity index (χ4n) is 1.82. The molecule has 0 aliphatic heterocycles. The van der Waals surface area contributed by atoms with Crippen molar-refractivity contribution < 1.29 is 28.9 Å². The highest BCUT2D eigenvalue weighted by Gasteiger charge is 2.25. The van der Waals surface area contributed by atoms with Gasteiger partial charge in [0.2, 0.25) is 19.2 Å². The van der Waals surface area contributed by atoms with E-state index in [9.17, 15) is 23.8 Å². The average molecular weight is 365 g/mol. The molecule has 6 N–H and O–H groups in total. The number of nitrogens with one attached hydrogen (secondary N) is 2. The van der Waals surface area contributed by atoms with E-state index in [-0.39, 0.29) is 31.2 Å². The predicted octanol–water partition coefficient (Wildman–Crippen LogP) is 0.0734. The number of carbonyl (C=O) groups is 3. The Kier molecular flexibility index (Phi) is 9.80. The number of nitrogens with two attached hydrogens (primary N) is 1. The minimum Gasteiger partial charge on any atom is -0.480 e. The molecule has 140 valence electrons. The van der Waals surface area contributed by atoms with Crippen LogP contribution >= 0.6 is 7.37 Å². The maximum Gasteiger partial charge on any atom is 0.320 e. The summed E-state index contributed by atoms with van der Waals surface area (Å²) in [5, 5.41) is 13.6. The summed E-state index contributed by atoms with van der Waals surface area (Å²) < 4.78 is 11.6. The van der Waals surface area contributed by atoms with Crippen molar-refractivity contribution in [2.45, 2.75) is 52.1 Å². The molecule has 0 heterocycles. The molecular formula is C14H28N3O6P. The van der Waals surface area contributed by atoms with E-state index in [1.54, 1.807) is 6.92 Å². The minimum atomic E-state index is -3.40. The van der Waals surface area contributed by atoms with Crippen LogP contribution in [0.15, 0.2) is 0 Å². The van der Waals surface area contributed by atoms with Crippen LogP contribution < -0.4 is 16.4 Å². The van der Waals surface area contributed by atoms with E-state index in [0.717, 1.165) is 0 Å². The van der Waals surface area contributed by atoms with E-state index in [4.69, 9.17) is 10.8 Å². The van der Waals surface area contributed by atoms with Crippen LogP contribution in [0, 0.1) is 5.92 Å². The van der Waals surface area contributed by atoms with Gasteiger partial charge in [-0.1, -0.05) is 20.8 Å². The molecule has 0 saturated heterocycles. The van der Waals surface area contributed by atoms with E-state index in [1.165, 1.54) is 0 Å². The second-order valence-electron chi connectivity index (χ2n) is 6.09. The Bertz CT molecular complexity index is 497. The summed E-state index contributed by atoms with van der Waals surface area (Å²) in [6.07, 6.45) is -0.121. The molecule has 3 atom stereocenters. The van der Waals surface area contributed by atoms with E-state index >= 15 is 0 Å². The first-order chi connectivity index (χ1) is 11.0. The SMILES string of the molecule is CCP(=O)(O)CNC(=O)[C@H](CC(C)C)NC(=O)CCC(N)C(=O)O. The molecule has 10 heteroatoms. The number of hydrogen-bond acceptors (Lipinski definition) is 5. The van der Waals surface area contributed by atoms with Crippen molar-refractivity contribution in [2.75, 3.05) is 12.4 Å². The van der Waals surface area contributed by atoms with Gasteiger partial charge in [-0.2, -0.15) is 0 Å². The maximum atomic E-state index is 12.1. The van der Waals surface area contributed by atoms with Crippen molar-refractivity contribution in [1.82, 2.24) is 10.6 Å². The van der Waals surface area contributed by atoms with Crippen molar-refractivity contribution in [3.05, 3.63) is 0 Å². The summed E-state index contributed by atoms with van der Waals surface area (Å²) in [5.41, 5.74) is 5.33. The summed E-state index contributed by atoms with van der Waals surface area (Å²) in [6.45, 7) is 5.29. The largest absolute Gasteiger partial charge is 0.480 e. The lowest BCUT2D eigenvalue weighted by atomic mass is 10.0. The Labute approximate surface area is 141 Å².